The fourth-order valence-corrected chi connectivity index (χ4v) is 0.817. The summed E-state index contributed by atoms with van der Waals surface area (Å²) in [4.78, 5) is 0. The Kier molecular flexibility index (Phi) is 3.19. The van der Waals surface area contributed by atoms with E-state index in [0.717, 1.165) is 6.07 Å². The molecule has 0 aliphatic rings. The quantitative estimate of drug-likeness (QED) is 0.781. The summed E-state index contributed by atoms with van der Waals surface area (Å²) in [7, 11) is 0. The van der Waals surface area contributed by atoms with Crippen LogP contribution in [-0.2, 0) is 0 Å². The maximum absolute atomic E-state index is 12.9. The lowest BCUT2D eigenvalue weighted by atomic mass is 10.3. The standard InChI is InChI=1S/C9H11F2NO/c1-6(12)5-13-8-4-2-3-7(10)9(8)11/h2-4,6H,5,12H2,1H3/t6-/m0/s1. The average Bonchev–Trinajstić information content (AvgIpc) is 2.07. The van der Waals surface area contributed by atoms with Crippen LogP contribution in [0.2, 0.25) is 0 Å². The molecule has 0 radical (unpaired) electrons. The highest BCUT2D eigenvalue weighted by Gasteiger charge is 2.08. The fourth-order valence-electron chi connectivity index (χ4n) is 0.817. The van der Waals surface area contributed by atoms with Gasteiger partial charge in [-0.3, -0.25) is 0 Å². The van der Waals surface area contributed by atoms with Crippen molar-refractivity contribution in [1.82, 2.24) is 0 Å². The Morgan fingerprint density at radius 1 is 1.46 bits per heavy atom. The Balaban J connectivity index is 2.71. The Morgan fingerprint density at radius 2 is 2.15 bits per heavy atom. The summed E-state index contributed by atoms with van der Waals surface area (Å²) in [6.45, 7) is 1.89. The second-order valence-electron chi connectivity index (χ2n) is 2.84. The van der Waals surface area contributed by atoms with Crippen molar-refractivity contribution in [1.29, 1.82) is 0 Å². The predicted molar refractivity (Wildman–Crippen MR) is 45.5 cm³/mol. The zero-order chi connectivity index (χ0) is 9.84. The zero-order valence-electron chi connectivity index (χ0n) is 7.26. The van der Waals surface area contributed by atoms with E-state index in [2.05, 4.69) is 0 Å². The average molecular weight is 187 g/mol. The van der Waals surface area contributed by atoms with Gasteiger partial charge in [-0.15, -0.1) is 0 Å². The molecule has 0 amide bonds. The number of ether oxygens (including phenoxy) is 1. The highest BCUT2D eigenvalue weighted by atomic mass is 19.2. The molecule has 0 unspecified atom stereocenters. The first-order chi connectivity index (χ1) is 6.11. The van der Waals surface area contributed by atoms with Gasteiger partial charge in [0.15, 0.2) is 11.6 Å². The third-order valence-corrected chi connectivity index (χ3v) is 1.42. The minimum atomic E-state index is -0.969. The van der Waals surface area contributed by atoms with E-state index in [4.69, 9.17) is 10.5 Å². The van der Waals surface area contributed by atoms with Crippen LogP contribution < -0.4 is 10.5 Å². The second-order valence-corrected chi connectivity index (χ2v) is 2.84. The van der Waals surface area contributed by atoms with Gasteiger partial charge in [0.25, 0.3) is 0 Å². The van der Waals surface area contributed by atoms with Gasteiger partial charge in [0.05, 0.1) is 0 Å². The lowest BCUT2D eigenvalue weighted by Gasteiger charge is -2.09. The zero-order valence-corrected chi connectivity index (χ0v) is 7.26. The van der Waals surface area contributed by atoms with Crippen LogP contribution in [0.25, 0.3) is 0 Å². The molecular formula is C9H11F2NO. The van der Waals surface area contributed by atoms with Gasteiger partial charge in [-0.2, -0.15) is 4.39 Å². The van der Waals surface area contributed by atoms with E-state index in [-0.39, 0.29) is 18.4 Å². The van der Waals surface area contributed by atoms with Crippen molar-refractivity contribution in [2.24, 2.45) is 5.73 Å². The van der Waals surface area contributed by atoms with Crippen molar-refractivity contribution in [3.05, 3.63) is 29.8 Å². The third-order valence-electron chi connectivity index (χ3n) is 1.42. The number of nitrogens with two attached hydrogens (primary N) is 1. The summed E-state index contributed by atoms with van der Waals surface area (Å²) >= 11 is 0. The molecule has 0 saturated carbocycles. The summed E-state index contributed by atoms with van der Waals surface area (Å²) < 4.78 is 30.5. The molecule has 72 valence electrons. The van der Waals surface area contributed by atoms with Crippen LogP contribution in [0.15, 0.2) is 18.2 Å². The fraction of sp³-hybridized carbons (Fsp3) is 0.333. The molecule has 4 heteroatoms. The van der Waals surface area contributed by atoms with Gasteiger partial charge >= 0.3 is 0 Å². The van der Waals surface area contributed by atoms with Crippen LogP contribution in [0.4, 0.5) is 8.78 Å². The first-order valence-corrected chi connectivity index (χ1v) is 3.93. The minimum Gasteiger partial charge on any atom is -0.489 e. The molecule has 1 rings (SSSR count). The molecule has 0 spiro atoms. The molecule has 13 heavy (non-hydrogen) atoms. The number of halogens is 2. The molecule has 2 N–H and O–H groups in total. The molecule has 1 atom stereocenters. The van der Waals surface area contributed by atoms with Crippen molar-refractivity contribution >= 4 is 0 Å². The molecule has 0 aliphatic carbocycles. The van der Waals surface area contributed by atoms with Crippen LogP contribution in [0.1, 0.15) is 6.92 Å². The topological polar surface area (TPSA) is 35.2 Å². The molecule has 2 nitrogen and oxygen atoms in total. The van der Waals surface area contributed by atoms with E-state index in [1.165, 1.54) is 12.1 Å². The summed E-state index contributed by atoms with van der Waals surface area (Å²) in [5, 5.41) is 0. The Bertz CT molecular complexity index is 289. The van der Waals surface area contributed by atoms with Gasteiger partial charge < -0.3 is 10.5 Å². The number of hydrogen-bond acceptors (Lipinski definition) is 2. The van der Waals surface area contributed by atoms with Gasteiger partial charge in [-0.25, -0.2) is 4.39 Å². The molecule has 1 aromatic carbocycles. The van der Waals surface area contributed by atoms with Crippen LogP contribution in [-0.4, -0.2) is 12.6 Å². The van der Waals surface area contributed by atoms with Gasteiger partial charge in [-0.05, 0) is 19.1 Å². The van der Waals surface area contributed by atoms with Gasteiger partial charge in [0.1, 0.15) is 6.61 Å². The van der Waals surface area contributed by atoms with Crippen LogP contribution in [0.3, 0.4) is 0 Å². The summed E-state index contributed by atoms with van der Waals surface area (Å²) in [6.07, 6.45) is 0. The molecule has 0 heterocycles. The highest BCUT2D eigenvalue weighted by molar-refractivity contribution is 5.24. The van der Waals surface area contributed by atoms with E-state index >= 15 is 0 Å². The Morgan fingerprint density at radius 3 is 2.77 bits per heavy atom. The highest BCUT2D eigenvalue weighted by Crippen LogP contribution is 2.18. The van der Waals surface area contributed by atoms with Crippen molar-refractivity contribution in [2.75, 3.05) is 6.61 Å². The normalized spacial score (nSPS) is 12.6. The summed E-state index contributed by atoms with van der Waals surface area (Å²) in [6, 6.07) is 3.58. The van der Waals surface area contributed by atoms with E-state index < -0.39 is 11.6 Å². The smallest absolute Gasteiger partial charge is 0.200 e. The van der Waals surface area contributed by atoms with Crippen molar-refractivity contribution in [2.45, 2.75) is 13.0 Å². The maximum Gasteiger partial charge on any atom is 0.200 e. The molecule has 0 bridgehead atoms. The molecule has 0 fully saturated rings. The molecular weight excluding hydrogens is 176 g/mol. The molecule has 1 aromatic rings. The lowest BCUT2D eigenvalue weighted by Crippen LogP contribution is -2.23. The Labute approximate surface area is 75.3 Å². The SMILES string of the molecule is C[C@H](N)COc1cccc(F)c1F. The second kappa shape index (κ2) is 4.18. The van der Waals surface area contributed by atoms with E-state index in [9.17, 15) is 8.78 Å². The molecule has 0 aromatic heterocycles. The van der Waals surface area contributed by atoms with Crippen molar-refractivity contribution in [3.63, 3.8) is 0 Å². The number of hydrogen-bond donors (Lipinski definition) is 1. The van der Waals surface area contributed by atoms with Crippen molar-refractivity contribution < 1.29 is 13.5 Å². The van der Waals surface area contributed by atoms with Crippen LogP contribution >= 0.6 is 0 Å². The van der Waals surface area contributed by atoms with E-state index in [1.807, 2.05) is 0 Å². The molecule has 0 saturated heterocycles. The molecule has 0 aliphatic heterocycles. The maximum atomic E-state index is 12.9. The number of rotatable bonds is 3. The van der Waals surface area contributed by atoms with Gasteiger partial charge in [-0.1, -0.05) is 6.07 Å². The summed E-state index contributed by atoms with van der Waals surface area (Å²) in [5.74, 6) is -1.98. The monoisotopic (exact) mass is 187 g/mol. The van der Waals surface area contributed by atoms with E-state index in [1.54, 1.807) is 6.92 Å². The lowest BCUT2D eigenvalue weighted by molar-refractivity contribution is 0.277. The predicted octanol–water partition coefficient (Wildman–Crippen LogP) is 1.69. The first kappa shape index (κ1) is 9.92. The largest absolute Gasteiger partial charge is 0.489 e. The van der Waals surface area contributed by atoms with Crippen molar-refractivity contribution in [3.8, 4) is 5.75 Å². The van der Waals surface area contributed by atoms with E-state index in [0.29, 0.717) is 0 Å². The minimum absolute atomic E-state index is 0.0997. The van der Waals surface area contributed by atoms with Crippen LogP contribution in [0.5, 0.6) is 5.75 Å². The third kappa shape index (κ3) is 2.66. The van der Waals surface area contributed by atoms with Gasteiger partial charge in [0, 0.05) is 6.04 Å². The first-order valence-electron chi connectivity index (χ1n) is 3.93. The summed E-state index contributed by atoms with van der Waals surface area (Å²) in [5.41, 5.74) is 5.39. The van der Waals surface area contributed by atoms with Crippen LogP contribution in [0, 0.1) is 11.6 Å². The Hall–Kier alpha value is -1.16. The number of benzene rings is 1. The van der Waals surface area contributed by atoms with Gasteiger partial charge in [0.2, 0.25) is 5.82 Å².